The van der Waals surface area contributed by atoms with Gasteiger partial charge in [0, 0.05) is 6.04 Å². The van der Waals surface area contributed by atoms with Crippen molar-refractivity contribution in [3.8, 4) is 0 Å². The van der Waals surface area contributed by atoms with Crippen molar-refractivity contribution in [3.05, 3.63) is 71.3 Å². The molecule has 2 N–H and O–H groups in total. The van der Waals surface area contributed by atoms with Crippen LogP contribution < -0.4 is 5.32 Å². The Labute approximate surface area is 126 Å². The molecule has 2 unspecified atom stereocenters. The molecular formula is C19H23NO. The van der Waals surface area contributed by atoms with Crippen LogP contribution in [-0.4, -0.2) is 11.7 Å². The number of hydrogen-bond donors (Lipinski definition) is 2. The average molecular weight is 281 g/mol. The first-order valence-corrected chi connectivity index (χ1v) is 7.80. The van der Waals surface area contributed by atoms with Crippen molar-refractivity contribution in [1.82, 2.24) is 5.32 Å². The third-order valence-electron chi connectivity index (χ3n) is 4.58. The monoisotopic (exact) mass is 281 g/mol. The van der Waals surface area contributed by atoms with Crippen LogP contribution in [0.1, 0.15) is 54.5 Å². The van der Waals surface area contributed by atoms with Crippen LogP contribution in [0.3, 0.4) is 0 Å². The zero-order valence-electron chi connectivity index (χ0n) is 12.5. The Balaban J connectivity index is 1.83. The van der Waals surface area contributed by atoms with Crippen LogP contribution in [0.15, 0.2) is 54.6 Å². The van der Waals surface area contributed by atoms with Gasteiger partial charge in [-0.05, 0) is 35.4 Å². The molecule has 1 aliphatic carbocycles. The molecule has 0 amide bonds. The van der Waals surface area contributed by atoms with E-state index in [1.807, 2.05) is 18.2 Å². The Bertz CT molecular complexity index is 581. The van der Waals surface area contributed by atoms with Gasteiger partial charge in [0.2, 0.25) is 0 Å². The summed E-state index contributed by atoms with van der Waals surface area (Å²) in [6.07, 6.45) is 2.32. The molecule has 2 heteroatoms. The average Bonchev–Trinajstić information content (AvgIpc) is 2.55. The molecule has 0 fully saturated rings. The van der Waals surface area contributed by atoms with Crippen molar-refractivity contribution in [2.45, 2.75) is 37.8 Å². The Morgan fingerprint density at radius 2 is 1.67 bits per heavy atom. The number of rotatable bonds is 4. The molecule has 110 valence electrons. The van der Waals surface area contributed by atoms with Gasteiger partial charge in [-0.3, -0.25) is 0 Å². The zero-order chi connectivity index (χ0) is 14.7. The van der Waals surface area contributed by atoms with E-state index < -0.39 is 0 Å². The molecule has 0 spiro atoms. The van der Waals surface area contributed by atoms with Gasteiger partial charge in [-0.2, -0.15) is 0 Å². The smallest absolute Gasteiger partial charge is 0.0626 e. The maximum atomic E-state index is 9.75. The quantitative estimate of drug-likeness (QED) is 0.889. The van der Waals surface area contributed by atoms with Gasteiger partial charge in [-0.15, -0.1) is 0 Å². The van der Waals surface area contributed by atoms with Gasteiger partial charge in [0.25, 0.3) is 0 Å². The molecule has 0 saturated heterocycles. The van der Waals surface area contributed by atoms with Crippen molar-refractivity contribution in [2.24, 2.45) is 0 Å². The SMILES string of the molecule is CC1CCC(N[C@@H](CO)c2ccccc2)c2ccccc21. The van der Waals surface area contributed by atoms with Crippen LogP contribution >= 0.6 is 0 Å². The van der Waals surface area contributed by atoms with E-state index in [1.54, 1.807) is 0 Å². The van der Waals surface area contributed by atoms with E-state index in [9.17, 15) is 5.11 Å². The van der Waals surface area contributed by atoms with Crippen LogP contribution in [0.25, 0.3) is 0 Å². The Hall–Kier alpha value is -1.64. The topological polar surface area (TPSA) is 32.3 Å². The Kier molecular flexibility index (Phi) is 4.37. The van der Waals surface area contributed by atoms with Crippen molar-refractivity contribution >= 4 is 0 Å². The lowest BCUT2D eigenvalue weighted by Crippen LogP contribution is -2.31. The van der Waals surface area contributed by atoms with Gasteiger partial charge < -0.3 is 10.4 Å². The lowest BCUT2D eigenvalue weighted by Gasteiger charge is -2.33. The van der Waals surface area contributed by atoms with Crippen LogP contribution in [0.4, 0.5) is 0 Å². The molecule has 3 atom stereocenters. The summed E-state index contributed by atoms with van der Waals surface area (Å²) in [6, 6.07) is 19.2. The number of nitrogens with one attached hydrogen (secondary N) is 1. The van der Waals surface area contributed by atoms with Gasteiger partial charge >= 0.3 is 0 Å². The third kappa shape index (κ3) is 3.02. The summed E-state index contributed by atoms with van der Waals surface area (Å²) in [6.45, 7) is 2.42. The van der Waals surface area contributed by atoms with E-state index in [1.165, 1.54) is 17.5 Å². The first-order valence-electron chi connectivity index (χ1n) is 7.80. The van der Waals surface area contributed by atoms with Crippen molar-refractivity contribution < 1.29 is 5.11 Å². The normalized spacial score (nSPS) is 22.6. The highest BCUT2D eigenvalue weighted by Crippen LogP contribution is 2.38. The number of fused-ring (bicyclic) bond motifs is 1. The summed E-state index contributed by atoms with van der Waals surface area (Å²) in [5.74, 6) is 0.628. The molecule has 0 heterocycles. The van der Waals surface area contributed by atoms with Crippen LogP contribution in [-0.2, 0) is 0 Å². The second-order valence-corrected chi connectivity index (χ2v) is 5.97. The van der Waals surface area contributed by atoms with Crippen molar-refractivity contribution in [1.29, 1.82) is 0 Å². The van der Waals surface area contributed by atoms with Crippen LogP contribution in [0.5, 0.6) is 0 Å². The van der Waals surface area contributed by atoms with Gasteiger partial charge in [0.05, 0.1) is 12.6 Å². The van der Waals surface area contributed by atoms with Crippen molar-refractivity contribution in [3.63, 3.8) is 0 Å². The fourth-order valence-corrected chi connectivity index (χ4v) is 3.36. The van der Waals surface area contributed by atoms with Crippen molar-refractivity contribution in [2.75, 3.05) is 6.61 Å². The van der Waals surface area contributed by atoms with Gasteiger partial charge in [0.1, 0.15) is 0 Å². The Morgan fingerprint density at radius 3 is 2.38 bits per heavy atom. The van der Waals surface area contributed by atoms with Crippen LogP contribution in [0, 0.1) is 0 Å². The lowest BCUT2D eigenvalue weighted by molar-refractivity contribution is 0.227. The van der Waals surface area contributed by atoms with E-state index in [0.29, 0.717) is 12.0 Å². The van der Waals surface area contributed by atoms with Gasteiger partial charge in [-0.1, -0.05) is 61.5 Å². The molecule has 0 aliphatic heterocycles. The van der Waals surface area contributed by atoms with Crippen LogP contribution in [0.2, 0.25) is 0 Å². The van der Waals surface area contributed by atoms with E-state index >= 15 is 0 Å². The maximum Gasteiger partial charge on any atom is 0.0626 e. The molecule has 0 bridgehead atoms. The molecule has 21 heavy (non-hydrogen) atoms. The largest absolute Gasteiger partial charge is 0.394 e. The minimum Gasteiger partial charge on any atom is -0.394 e. The first kappa shape index (κ1) is 14.3. The highest BCUT2D eigenvalue weighted by molar-refractivity contribution is 5.35. The molecule has 2 nitrogen and oxygen atoms in total. The summed E-state index contributed by atoms with van der Waals surface area (Å²) in [5.41, 5.74) is 3.99. The van der Waals surface area contributed by atoms with Gasteiger partial charge in [-0.25, -0.2) is 0 Å². The molecule has 2 aromatic rings. The summed E-state index contributed by atoms with van der Waals surface area (Å²) in [4.78, 5) is 0. The number of hydrogen-bond acceptors (Lipinski definition) is 2. The fourth-order valence-electron chi connectivity index (χ4n) is 3.36. The van der Waals surface area contributed by atoms with E-state index in [-0.39, 0.29) is 12.6 Å². The standard InChI is InChI=1S/C19H23NO/c1-14-11-12-18(17-10-6-5-9-16(14)17)20-19(13-21)15-7-3-2-4-8-15/h2-10,14,18-21H,11-13H2,1H3/t14?,18?,19-/m0/s1. The Morgan fingerprint density at radius 1 is 1.00 bits per heavy atom. The molecule has 0 saturated carbocycles. The number of aliphatic hydroxyl groups is 1. The van der Waals surface area contributed by atoms with E-state index in [0.717, 1.165) is 12.0 Å². The maximum absolute atomic E-state index is 9.75. The number of benzene rings is 2. The highest BCUT2D eigenvalue weighted by atomic mass is 16.3. The molecular weight excluding hydrogens is 258 g/mol. The predicted octanol–water partition coefficient (Wildman–Crippen LogP) is 3.95. The minimum atomic E-state index is -0.00216. The first-order chi connectivity index (χ1) is 10.3. The summed E-state index contributed by atoms with van der Waals surface area (Å²) < 4.78 is 0. The van der Waals surface area contributed by atoms with E-state index in [2.05, 4.69) is 48.6 Å². The summed E-state index contributed by atoms with van der Waals surface area (Å²) in [5, 5.41) is 13.4. The highest BCUT2D eigenvalue weighted by Gasteiger charge is 2.26. The summed E-state index contributed by atoms with van der Waals surface area (Å²) >= 11 is 0. The lowest BCUT2D eigenvalue weighted by atomic mass is 9.80. The second kappa shape index (κ2) is 6.42. The molecule has 0 radical (unpaired) electrons. The third-order valence-corrected chi connectivity index (χ3v) is 4.58. The molecule has 2 aromatic carbocycles. The fraction of sp³-hybridized carbons (Fsp3) is 0.368. The predicted molar refractivity (Wildman–Crippen MR) is 86.2 cm³/mol. The molecule has 1 aliphatic rings. The zero-order valence-corrected chi connectivity index (χ0v) is 12.5. The van der Waals surface area contributed by atoms with E-state index in [4.69, 9.17) is 0 Å². The minimum absolute atomic E-state index is 0.00216. The number of aliphatic hydroxyl groups excluding tert-OH is 1. The second-order valence-electron chi connectivity index (χ2n) is 5.97. The molecule has 3 rings (SSSR count). The van der Waals surface area contributed by atoms with Gasteiger partial charge in [0.15, 0.2) is 0 Å². The molecule has 0 aromatic heterocycles. The summed E-state index contributed by atoms with van der Waals surface area (Å²) in [7, 11) is 0.